The van der Waals surface area contributed by atoms with Gasteiger partial charge in [-0.3, -0.25) is 4.18 Å². The lowest BCUT2D eigenvalue weighted by Gasteiger charge is -2.07. The van der Waals surface area contributed by atoms with Crippen LogP contribution in [0.4, 0.5) is 5.69 Å². The Balaban J connectivity index is 2.89. The molecule has 0 bridgehead atoms. The zero-order chi connectivity index (χ0) is 14.3. The number of nitrogens with zero attached hydrogens (tertiary/aromatic N) is 3. The average molecular weight is 283 g/mol. The topological polar surface area (TPSA) is 92.1 Å². The molecule has 0 atom stereocenters. The van der Waals surface area contributed by atoms with Gasteiger partial charge in [-0.1, -0.05) is 30.9 Å². The van der Waals surface area contributed by atoms with E-state index >= 15 is 0 Å². The Bertz CT molecular complexity index is 578. The number of benzene rings is 1. The van der Waals surface area contributed by atoms with E-state index in [0.717, 1.165) is 12.8 Å². The van der Waals surface area contributed by atoms with E-state index in [1.165, 1.54) is 12.1 Å². The van der Waals surface area contributed by atoms with Crippen molar-refractivity contribution in [2.75, 3.05) is 6.61 Å². The molecule has 19 heavy (non-hydrogen) atoms. The molecule has 0 radical (unpaired) electrons. The van der Waals surface area contributed by atoms with Crippen LogP contribution in [0.3, 0.4) is 0 Å². The molecule has 0 N–H and O–H groups in total. The molecule has 0 unspecified atom stereocenters. The molecule has 104 valence electrons. The third-order valence-corrected chi connectivity index (χ3v) is 3.92. The van der Waals surface area contributed by atoms with Crippen molar-refractivity contribution in [3.8, 4) is 0 Å². The van der Waals surface area contributed by atoms with Crippen LogP contribution in [-0.4, -0.2) is 15.0 Å². The Morgan fingerprint density at radius 3 is 2.74 bits per heavy atom. The second kappa shape index (κ2) is 7.13. The average Bonchev–Trinajstić information content (AvgIpc) is 2.37. The van der Waals surface area contributed by atoms with Crippen molar-refractivity contribution in [2.24, 2.45) is 5.11 Å². The fourth-order valence-electron chi connectivity index (χ4n) is 1.49. The molecule has 0 aliphatic heterocycles. The summed E-state index contributed by atoms with van der Waals surface area (Å²) < 4.78 is 28.7. The first-order valence-corrected chi connectivity index (χ1v) is 7.47. The van der Waals surface area contributed by atoms with E-state index in [9.17, 15) is 8.42 Å². The van der Waals surface area contributed by atoms with Crippen molar-refractivity contribution >= 4 is 15.8 Å². The minimum absolute atomic E-state index is 0.0111. The van der Waals surface area contributed by atoms with Gasteiger partial charge in [0.1, 0.15) is 0 Å². The second-order valence-corrected chi connectivity index (χ2v) is 5.74. The van der Waals surface area contributed by atoms with Gasteiger partial charge in [-0.2, -0.15) is 8.42 Å². The summed E-state index contributed by atoms with van der Waals surface area (Å²) in [6, 6.07) is 4.36. The Hall–Kier alpha value is -1.56. The van der Waals surface area contributed by atoms with Crippen LogP contribution in [0.15, 0.2) is 28.2 Å². The van der Waals surface area contributed by atoms with E-state index in [1.54, 1.807) is 13.0 Å². The molecule has 1 rings (SSSR count). The summed E-state index contributed by atoms with van der Waals surface area (Å²) in [6.07, 6.45) is 2.62. The highest BCUT2D eigenvalue weighted by atomic mass is 32.2. The van der Waals surface area contributed by atoms with Gasteiger partial charge in [-0.25, -0.2) is 0 Å². The fourth-order valence-corrected chi connectivity index (χ4v) is 2.45. The van der Waals surface area contributed by atoms with E-state index in [2.05, 4.69) is 10.0 Å². The van der Waals surface area contributed by atoms with Crippen molar-refractivity contribution in [1.82, 2.24) is 0 Å². The van der Waals surface area contributed by atoms with Crippen LogP contribution >= 0.6 is 0 Å². The molecule has 0 saturated carbocycles. The van der Waals surface area contributed by atoms with Crippen LogP contribution in [-0.2, 0) is 14.3 Å². The Kier molecular flexibility index (Phi) is 5.82. The summed E-state index contributed by atoms with van der Waals surface area (Å²) in [5.74, 6) is 0. The van der Waals surface area contributed by atoms with Gasteiger partial charge in [-0.05, 0) is 36.6 Å². The molecule has 1 aromatic carbocycles. The third-order valence-electron chi connectivity index (χ3n) is 2.61. The molecule has 0 fully saturated rings. The van der Waals surface area contributed by atoms with E-state index < -0.39 is 10.1 Å². The van der Waals surface area contributed by atoms with E-state index in [1.807, 2.05) is 6.92 Å². The van der Waals surface area contributed by atoms with Crippen molar-refractivity contribution in [3.05, 3.63) is 34.2 Å². The molecule has 0 aromatic heterocycles. The molecule has 0 amide bonds. The van der Waals surface area contributed by atoms with Crippen LogP contribution in [0.1, 0.15) is 31.7 Å². The maximum absolute atomic E-state index is 11.9. The van der Waals surface area contributed by atoms with Gasteiger partial charge in [0.05, 0.1) is 11.5 Å². The second-order valence-electron chi connectivity index (χ2n) is 4.12. The smallest absolute Gasteiger partial charge is 0.266 e. The van der Waals surface area contributed by atoms with E-state index in [0.29, 0.717) is 17.7 Å². The number of unbranched alkanes of at least 4 members (excludes halogenated alkanes) is 2. The summed E-state index contributed by atoms with van der Waals surface area (Å²) >= 11 is 0. The maximum atomic E-state index is 11.9. The van der Waals surface area contributed by atoms with Gasteiger partial charge in [-0.15, -0.1) is 0 Å². The first-order chi connectivity index (χ1) is 9.01. The lowest BCUT2D eigenvalue weighted by molar-refractivity contribution is 0.308. The Morgan fingerprint density at radius 2 is 2.11 bits per heavy atom. The van der Waals surface area contributed by atoms with Gasteiger partial charge in [0.25, 0.3) is 10.1 Å². The zero-order valence-corrected chi connectivity index (χ0v) is 11.9. The van der Waals surface area contributed by atoms with Crippen molar-refractivity contribution < 1.29 is 12.6 Å². The highest BCUT2D eigenvalue weighted by Crippen LogP contribution is 2.24. The van der Waals surface area contributed by atoms with Gasteiger partial charge in [0.15, 0.2) is 0 Å². The summed E-state index contributed by atoms with van der Waals surface area (Å²) in [4.78, 5) is 2.68. The Labute approximate surface area is 113 Å². The standard InChI is InChI=1S/C12H17N3O3S/c1-3-4-5-8-18-19(16,17)11-7-6-10(2)12(9-11)14-15-13/h6-7,9H,3-5,8H2,1-2H3. The first kappa shape index (κ1) is 15.5. The monoisotopic (exact) mass is 283 g/mol. The van der Waals surface area contributed by atoms with Crippen LogP contribution in [0.5, 0.6) is 0 Å². The molecule has 0 saturated heterocycles. The highest BCUT2D eigenvalue weighted by Gasteiger charge is 2.15. The Morgan fingerprint density at radius 1 is 1.37 bits per heavy atom. The lowest BCUT2D eigenvalue weighted by atomic mass is 10.2. The number of azide groups is 1. The van der Waals surface area contributed by atoms with Crippen LogP contribution in [0.2, 0.25) is 0 Å². The van der Waals surface area contributed by atoms with Gasteiger partial charge >= 0.3 is 0 Å². The summed E-state index contributed by atoms with van der Waals surface area (Å²) in [5, 5.41) is 3.45. The summed E-state index contributed by atoms with van der Waals surface area (Å²) in [6.45, 7) is 3.93. The molecule has 0 spiro atoms. The zero-order valence-electron chi connectivity index (χ0n) is 11.0. The molecule has 0 aliphatic rings. The van der Waals surface area contributed by atoms with E-state index in [4.69, 9.17) is 9.71 Å². The van der Waals surface area contributed by atoms with E-state index in [-0.39, 0.29) is 11.5 Å². The maximum Gasteiger partial charge on any atom is 0.296 e. The predicted molar refractivity (Wildman–Crippen MR) is 72.6 cm³/mol. The minimum Gasteiger partial charge on any atom is -0.266 e. The van der Waals surface area contributed by atoms with Gasteiger partial charge in [0.2, 0.25) is 0 Å². The first-order valence-electron chi connectivity index (χ1n) is 6.06. The van der Waals surface area contributed by atoms with Gasteiger partial charge < -0.3 is 0 Å². The van der Waals surface area contributed by atoms with Crippen molar-refractivity contribution in [2.45, 2.75) is 38.0 Å². The molecule has 1 aromatic rings. The van der Waals surface area contributed by atoms with Crippen molar-refractivity contribution in [1.29, 1.82) is 0 Å². The number of aryl methyl sites for hydroxylation is 1. The van der Waals surface area contributed by atoms with Gasteiger partial charge in [0, 0.05) is 10.6 Å². The van der Waals surface area contributed by atoms with Crippen molar-refractivity contribution in [3.63, 3.8) is 0 Å². The summed E-state index contributed by atoms with van der Waals surface area (Å²) in [5.41, 5.74) is 9.42. The lowest BCUT2D eigenvalue weighted by Crippen LogP contribution is -2.07. The number of hydrogen-bond donors (Lipinski definition) is 0. The normalized spacial score (nSPS) is 11.1. The molecular weight excluding hydrogens is 266 g/mol. The SMILES string of the molecule is CCCCCOS(=O)(=O)c1ccc(C)c(N=[N+]=[N-])c1. The minimum atomic E-state index is -3.78. The number of hydrogen-bond acceptors (Lipinski definition) is 4. The predicted octanol–water partition coefficient (Wildman–Crippen LogP) is 3.83. The fraction of sp³-hybridized carbons (Fsp3) is 0.500. The van der Waals surface area contributed by atoms with Crippen LogP contribution < -0.4 is 0 Å². The molecular formula is C12H17N3O3S. The molecule has 6 nitrogen and oxygen atoms in total. The van der Waals surface area contributed by atoms with Crippen LogP contribution in [0, 0.1) is 6.92 Å². The quantitative estimate of drug-likeness (QED) is 0.250. The largest absolute Gasteiger partial charge is 0.296 e. The molecule has 0 aliphatic carbocycles. The highest BCUT2D eigenvalue weighted by molar-refractivity contribution is 7.86. The number of rotatable bonds is 7. The molecule has 7 heteroatoms. The van der Waals surface area contributed by atoms with Crippen LogP contribution in [0.25, 0.3) is 10.4 Å². The molecule has 0 heterocycles. The third kappa shape index (κ3) is 4.55. The summed E-state index contributed by atoms with van der Waals surface area (Å²) in [7, 11) is -3.78.